The monoisotopic (exact) mass is 285 g/mol. The van der Waals surface area contributed by atoms with Gasteiger partial charge in [0.05, 0.1) is 12.8 Å². The van der Waals surface area contributed by atoms with Crippen LogP contribution >= 0.6 is 0 Å². The van der Waals surface area contributed by atoms with Crippen LogP contribution in [0.5, 0.6) is 11.5 Å². The summed E-state index contributed by atoms with van der Waals surface area (Å²) in [6.07, 6.45) is 1.78. The number of hydrogen-bond acceptors (Lipinski definition) is 4. The van der Waals surface area contributed by atoms with Gasteiger partial charge < -0.3 is 9.47 Å². The Morgan fingerprint density at radius 3 is 2.43 bits per heavy atom. The van der Waals surface area contributed by atoms with E-state index in [1.54, 1.807) is 44.5 Å². The number of ether oxygens (including phenoxy) is 2. The lowest BCUT2D eigenvalue weighted by Crippen LogP contribution is -2.04. The maximum atomic E-state index is 11.2. The number of hydrogen-bond donors (Lipinski definition) is 0. The number of Topliss-reactive ketones (excluding diaryl/α,β-unsaturated/α-hetero) is 1. The van der Waals surface area contributed by atoms with Crippen molar-refractivity contribution >= 4 is 5.78 Å². The highest BCUT2D eigenvalue weighted by Gasteiger charge is 2.10. The van der Waals surface area contributed by atoms with E-state index in [2.05, 4.69) is 4.98 Å². The Kier molecular flexibility index (Phi) is 4.58. The molecule has 0 N–H and O–H groups in total. The van der Waals surface area contributed by atoms with Crippen molar-refractivity contribution in [3.63, 3.8) is 0 Å². The number of carbonyl (C=O) groups excluding carboxylic acids is 1. The molecule has 1 aromatic carbocycles. The third kappa shape index (κ3) is 3.40. The summed E-state index contributed by atoms with van der Waals surface area (Å²) in [5.74, 6) is 1.60. The molecule has 1 heterocycles. The van der Waals surface area contributed by atoms with Crippen LogP contribution < -0.4 is 9.47 Å². The highest BCUT2D eigenvalue weighted by Crippen LogP contribution is 2.25. The molecule has 0 amide bonds. The minimum Gasteiger partial charge on any atom is -0.496 e. The molecule has 0 aliphatic carbocycles. The minimum absolute atomic E-state index is 0.0438. The van der Waals surface area contributed by atoms with Gasteiger partial charge in [-0.2, -0.15) is 0 Å². The van der Waals surface area contributed by atoms with Crippen LogP contribution in [-0.4, -0.2) is 17.9 Å². The molecule has 1 aromatic heterocycles. The summed E-state index contributed by atoms with van der Waals surface area (Å²) in [7, 11) is 1.65. The van der Waals surface area contributed by atoms with Crippen LogP contribution in [0, 0.1) is 13.8 Å². The standard InChI is InChI=1S/C17H19NO3/c1-11-9-18-16(12(2)17(11)20-4)10-21-15-7-5-14(6-8-15)13(3)19/h5-9H,10H2,1-4H3. The van der Waals surface area contributed by atoms with Crippen LogP contribution in [0.1, 0.15) is 34.1 Å². The molecule has 0 aliphatic rings. The van der Waals surface area contributed by atoms with E-state index in [0.29, 0.717) is 17.9 Å². The number of rotatable bonds is 5. The van der Waals surface area contributed by atoms with Crippen molar-refractivity contribution in [3.8, 4) is 11.5 Å². The van der Waals surface area contributed by atoms with Crippen molar-refractivity contribution in [1.29, 1.82) is 0 Å². The summed E-state index contributed by atoms with van der Waals surface area (Å²) in [5.41, 5.74) is 3.50. The molecule has 4 heteroatoms. The van der Waals surface area contributed by atoms with Crippen LogP contribution in [0.15, 0.2) is 30.5 Å². The van der Waals surface area contributed by atoms with E-state index in [4.69, 9.17) is 9.47 Å². The first-order valence-electron chi connectivity index (χ1n) is 6.75. The minimum atomic E-state index is 0.0438. The fourth-order valence-electron chi connectivity index (χ4n) is 2.15. The molecule has 2 aromatic rings. The van der Waals surface area contributed by atoms with Crippen molar-refractivity contribution in [2.45, 2.75) is 27.4 Å². The van der Waals surface area contributed by atoms with Gasteiger partial charge in [0.15, 0.2) is 5.78 Å². The summed E-state index contributed by atoms with van der Waals surface area (Å²) in [5, 5.41) is 0. The number of aromatic nitrogens is 1. The van der Waals surface area contributed by atoms with Gasteiger partial charge in [-0.25, -0.2) is 0 Å². The van der Waals surface area contributed by atoms with Gasteiger partial charge in [-0.3, -0.25) is 9.78 Å². The zero-order valence-electron chi connectivity index (χ0n) is 12.8. The summed E-state index contributed by atoms with van der Waals surface area (Å²) >= 11 is 0. The fraction of sp³-hybridized carbons (Fsp3) is 0.294. The molecule has 0 saturated carbocycles. The second kappa shape index (κ2) is 6.39. The zero-order valence-corrected chi connectivity index (χ0v) is 12.8. The molecule has 0 fully saturated rings. The van der Waals surface area contributed by atoms with E-state index in [1.165, 1.54) is 0 Å². The Bertz CT molecular complexity index is 648. The quantitative estimate of drug-likeness (QED) is 0.789. The van der Waals surface area contributed by atoms with E-state index < -0.39 is 0 Å². The van der Waals surface area contributed by atoms with E-state index in [0.717, 1.165) is 22.6 Å². The molecule has 0 saturated heterocycles. The Morgan fingerprint density at radius 2 is 1.86 bits per heavy atom. The Morgan fingerprint density at radius 1 is 1.19 bits per heavy atom. The van der Waals surface area contributed by atoms with Gasteiger partial charge in [0, 0.05) is 22.9 Å². The molecule has 21 heavy (non-hydrogen) atoms. The SMILES string of the molecule is COc1c(C)cnc(COc2ccc(C(C)=O)cc2)c1C. The highest BCUT2D eigenvalue weighted by atomic mass is 16.5. The number of pyridine rings is 1. The highest BCUT2D eigenvalue weighted by molar-refractivity contribution is 5.94. The largest absolute Gasteiger partial charge is 0.496 e. The van der Waals surface area contributed by atoms with Gasteiger partial charge in [-0.15, -0.1) is 0 Å². The van der Waals surface area contributed by atoms with Crippen LogP contribution in [0.25, 0.3) is 0 Å². The van der Waals surface area contributed by atoms with Gasteiger partial charge in [0.25, 0.3) is 0 Å². The number of methoxy groups -OCH3 is 1. The first-order valence-corrected chi connectivity index (χ1v) is 6.75. The van der Waals surface area contributed by atoms with Gasteiger partial charge in [0.1, 0.15) is 18.1 Å². The summed E-state index contributed by atoms with van der Waals surface area (Å²) < 4.78 is 11.1. The van der Waals surface area contributed by atoms with Crippen molar-refractivity contribution in [3.05, 3.63) is 52.8 Å². The van der Waals surface area contributed by atoms with Crippen LogP contribution in [0.2, 0.25) is 0 Å². The number of aryl methyl sites for hydroxylation is 1. The van der Waals surface area contributed by atoms with Crippen LogP contribution in [0.3, 0.4) is 0 Å². The molecule has 0 spiro atoms. The maximum Gasteiger partial charge on any atom is 0.159 e. The van der Waals surface area contributed by atoms with E-state index in [-0.39, 0.29) is 5.78 Å². The molecule has 0 bridgehead atoms. The molecule has 0 atom stereocenters. The summed E-state index contributed by atoms with van der Waals surface area (Å²) in [6.45, 7) is 5.84. The van der Waals surface area contributed by atoms with Gasteiger partial charge >= 0.3 is 0 Å². The van der Waals surface area contributed by atoms with Gasteiger partial charge in [-0.1, -0.05) is 0 Å². The first-order chi connectivity index (χ1) is 10.0. The Balaban J connectivity index is 2.11. The van der Waals surface area contributed by atoms with Crippen LogP contribution in [0.4, 0.5) is 0 Å². The molecule has 0 radical (unpaired) electrons. The van der Waals surface area contributed by atoms with E-state index in [9.17, 15) is 4.79 Å². The topological polar surface area (TPSA) is 48.4 Å². The maximum absolute atomic E-state index is 11.2. The second-order valence-electron chi connectivity index (χ2n) is 4.92. The van der Waals surface area contributed by atoms with Gasteiger partial charge in [-0.05, 0) is 45.0 Å². The predicted octanol–water partition coefficient (Wildman–Crippen LogP) is 3.49. The molecule has 110 valence electrons. The molecular formula is C17H19NO3. The van der Waals surface area contributed by atoms with Crippen LogP contribution in [-0.2, 0) is 6.61 Å². The fourth-order valence-corrected chi connectivity index (χ4v) is 2.15. The average Bonchev–Trinajstić information content (AvgIpc) is 2.47. The van der Waals surface area contributed by atoms with Gasteiger partial charge in [0.2, 0.25) is 0 Å². The Hall–Kier alpha value is -2.36. The Labute approximate surface area is 124 Å². The van der Waals surface area contributed by atoms with Crippen molar-refractivity contribution in [2.24, 2.45) is 0 Å². The number of nitrogens with zero attached hydrogens (tertiary/aromatic N) is 1. The lowest BCUT2D eigenvalue weighted by atomic mass is 10.1. The normalized spacial score (nSPS) is 10.3. The zero-order chi connectivity index (χ0) is 15.4. The van der Waals surface area contributed by atoms with E-state index >= 15 is 0 Å². The van der Waals surface area contributed by atoms with Crippen molar-refractivity contribution in [2.75, 3.05) is 7.11 Å². The summed E-state index contributed by atoms with van der Waals surface area (Å²) in [6, 6.07) is 7.09. The third-order valence-electron chi connectivity index (χ3n) is 3.39. The van der Waals surface area contributed by atoms with Crippen molar-refractivity contribution in [1.82, 2.24) is 4.98 Å². The van der Waals surface area contributed by atoms with E-state index in [1.807, 2.05) is 13.8 Å². The average molecular weight is 285 g/mol. The van der Waals surface area contributed by atoms with Crippen molar-refractivity contribution < 1.29 is 14.3 Å². The molecule has 0 aliphatic heterocycles. The molecule has 2 rings (SSSR count). The molecular weight excluding hydrogens is 266 g/mol. The number of ketones is 1. The predicted molar refractivity (Wildman–Crippen MR) is 81.0 cm³/mol. The molecule has 4 nitrogen and oxygen atoms in total. The number of benzene rings is 1. The first kappa shape index (κ1) is 15.0. The lowest BCUT2D eigenvalue weighted by Gasteiger charge is -2.13. The second-order valence-corrected chi connectivity index (χ2v) is 4.92. The molecule has 0 unspecified atom stereocenters. The lowest BCUT2D eigenvalue weighted by molar-refractivity contribution is 0.101. The number of carbonyl (C=O) groups is 1. The third-order valence-corrected chi connectivity index (χ3v) is 3.39. The summed E-state index contributed by atoms with van der Waals surface area (Å²) in [4.78, 5) is 15.6. The smallest absolute Gasteiger partial charge is 0.159 e.